The van der Waals surface area contributed by atoms with Crippen LogP contribution in [0.5, 0.6) is 0 Å². The Labute approximate surface area is 183 Å². The number of carbonyl (C=O) groups excluding carboxylic acids is 1. The van der Waals surface area contributed by atoms with Crippen LogP contribution >= 0.6 is 23.1 Å². The maximum Gasteiger partial charge on any atom is 0.238 e. The lowest BCUT2D eigenvalue weighted by Crippen LogP contribution is -2.29. The number of carbonyl (C=O) groups is 1. The van der Waals surface area contributed by atoms with Crippen LogP contribution in [0.4, 0.5) is 0 Å². The van der Waals surface area contributed by atoms with Crippen LogP contribution in [0, 0.1) is 6.92 Å². The largest absolute Gasteiger partial charge is 0.352 e. The molecule has 1 fully saturated rings. The zero-order chi connectivity index (χ0) is 20.5. The third-order valence-electron chi connectivity index (χ3n) is 5.19. The SMILES string of the molecule is Cc1ccc(-c2csc3ncnc(SC(C(=O)NC4CC4)c4ccccc4)c23)cc1. The number of amides is 1. The lowest BCUT2D eigenvalue weighted by molar-refractivity contribution is -0.120. The Morgan fingerprint density at radius 2 is 1.87 bits per heavy atom. The molecule has 2 aromatic carbocycles. The molecule has 1 N–H and O–H groups in total. The number of thiophene rings is 1. The molecule has 4 aromatic rings. The Morgan fingerprint density at radius 3 is 2.60 bits per heavy atom. The number of aryl methyl sites for hydroxylation is 1. The molecule has 0 bridgehead atoms. The summed E-state index contributed by atoms with van der Waals surface area (Å²) in [5.41, 5.74) is 4.47. The molecule has 2 aromatic heterocycles. The van der Waals surface area contributed by atoms with Gasteiger partial charge in [-0.15, -0.1) is 11.3 Å². The van der Waals surface area contributed by atoms with E-state index in [1.54, 1.807) is 17.7 Å². The number of thioether (sulfide) groups is 1. The average Bonchev–Trinajstić information content (AvgIpc) is 3.48. The normalized spacial score (nSPS) is 14.6. The van der Waals surface area contributed by atoms with Crippen LogP contribution in [0.25, 0.3) is 21.3 Å². The summed E-state index contributed by atoms with van der Waals surface area (Å²) >= 11 is 3.12. The molecule has 1 unspecified atom stereocenters. The van der Waals surface area contributed by atoms with Crippen molar-refractivity contribution < 1.29 is 4.79 Å². The molecular formula is C24H21N3OS2. The van der Waals surface area contributed by atoms with Crippen molar-refractivity contribution in [1.29, 1.82) is 0 Å². The quantitative estimate of drug-likeness (QED) is 0.311. The second-order valence-electron chi connectivity index (χ2n) is 7.57. The number of hydrogen-bond acceptors (Lipinski definition) is 5. The van der Waals surface area contributed by atoms with E-state index in [2.05, 4.69) is 51.9 Å². The van der Waals surface area contributed by atoms with Crippen LogP contribution in [0.1, 0.15) is 29.2 Å². The zero-order valence-electron chi connectivity index (χ0n) is 16.5. The molecule has 0 radical (unpaired) electrons. The summed E-state index contributed by atoms with van der Waals surface area (Å²) < 4.78 is 0. The molecule has 0 saturated heterocycles. The van der Waals surface area contributed by atoms with E-state index in [4.69, 9.17) is 0 Å². The minimum atomic E-state index is -0.351. The second kappa shape index (κ2) is 8.20. The van der Waals surface area contributed by atoms with E-state index in [9.17, 15) is 4.79 Å². The van der Waals surface area contributed by atoms with Crippen LogP contribution in [0.2, 0.25) is 0 Å². The Morgan fingerprint density at radius 1 is 1.10 bits per heavy atom. The summed E-state index contributed by atoms with van der Waals surface area (Å²) in [7, 11) is 0. The van der Waals surface area contributed by atoms with Gasteiger partial charge in [-0.3, -0.25) is 4.79 Å². The van der Waals surface area contributed by atoms with Crippen LogP contribution in [0.15, 0.2) is 71.3 Å². The van der Waals surface area contributed by atoms with Crippen molar-refractivity contribution >= 4 is 39.2 Å². The molecule has 1 amide bonds. The summed E-state index contributed by atoms with van der Waals surface area (Å²) in [6.07, 6.45) is 3.73. The molecule has 4 nitrogen and oxygen atoms in total. The molecule has 1 saturated carbocycles. The van der Waals surface area contributed by atoms with Gasteiger partial charge in [-0.1, -0.05) is 71.9 Å². The monoisotopic (exact) mass is 431 g/mol. The number of hydrogen-bond donors (Lipinski definition) is 1. The van der Waals surface area contributed by atoms with Crippen molar-refractivity contribution in [3.05, 3.63) is 77.4 Å². The first-order chi connectivity index (χ1) is 14.7. The summed E-state index contributed by atoms with van der Waals surface area (Å²) in [6, 6.07) is 18.8. The van der Waals surface area contributed by atoms with Gasteiger partial charge in [0.1, 0.15) is 21.4 Å². The van der Waals surface area contributed by atoms with E-state index in [0.29, 0.717) is 6.04 Å². The molecule has 30 heavy (non-hydrogen) atoms. The predicted octanol–water partition coefficient (Wildman–Crippen LogP) is 5.78. The van der Waals surface area contributed by atoms with Gasteiger partial charge in [-0.25, -0.2) is 9.97 Å². The van der Waals surface area contributed by atoms with E-state index in [1.807, 2.05) is 30.3 Å². The highest BCUT2D eigenvalue weighted by molar-refractivity contribution is 8.00. The van der Waals surface area contributed by atoms with Crippen LogP contribution in [0.3, 0.4) is 0 Å². The molecule has 1 aliphatic carbocycles. The number of benzene rings is 2. The fourth-order valence-electron chi connectivity index (χ4n) is 3.40. The van der Waals surface area contributed by atoms with Gasteiger partial charge in [0.25, 0.3) is 0 Å². The van der Waals surface area contributed by atoms with Gasteiger partial charge in [0, 0.05) is 17.0 Å². The lowest BCUT2D eigenvalue weighted by atomic mass is 10.1. The van der Waals surface area contributed by atoms with Gasteiger partial charge in [-0.05, 0) is 30.9 Å². The Bertz CT molecular complexity index is 1180. The first-order valence-corrected chi connectivity index (χ1v) is 11.8. The smallest absolute Gasteiger partial charge is 0.238 e. The second-order valence-corrected chi connectivity index (χ2v) is 9.52. The number of aromatic nitrogens is 2. The number of nitrogens with one attached hydrogen (secondary N) is 1. The van der Waals surface area contributed by atoms with Crippen molar-refractivity contribution in [1.82, 2.24) is 15.3 Å². The van der Waals surface area contributed by atoms with Crippen LogP contribution < -0.4 is 5.32 Å². The van der Waals surface area contributed by atoms with Crippen molar-refractivity contribution in [2.75, 3.05) is 0 Å². The number of fused-ring (bicyclic) bond motifs is 1. The van der Waals surface area contributed by atoms with Crippen molar-refractivity contribution in [2.24, 2.45) is 0 Å². The summed E-state index contributed by atoms with van der Waals surface area (Å²) in [6.45, 7) is 2.09. The molecule has 5 rings (SSSR count). The van der Waals surface area contributed by atoms with E-state index >= 15 is 0 Å². The summed E-state index contributed by atoms with van der Waals surface area (Å²) in [4.78, 5) is 23.1. The third-order valence-corrected chi connectivity index (χ3v) is 7.33. The highest BCUT2D eigenvalue weighted by atomic mass is 32.2. The highest BCUT2D eigenvalue weighted by Gasteiger charge is 2.30. The first kappa shape index (κ1) is 19.3. The molecule has 1 aliphatic rings. The maximum absolute atomic E-state index is 13.1. The van der Waals surface area contributed by atoms with Gasteiger partial charge in [-0.2, -0.15) is 0 Å². The van der Waals surface area contributed by atoms with Crippen molar-refractivity contribution in [3.8, 4) is 11.1 Å². The van der Waals surface area contributed by atoms with E-state index < -0.39 is 0 Å². The fourth-order valence-corrected chi connectivity index (χ4v) is 5.50. The van der Waals surface area contributed by atoms with E-state index in [-0.39, 0.29) is 11.2 Å². The standard InChI is InChI=1S/C24H21N3OS2/c1-15-7-9-16(10-8-15)19-13-29-23-20(19)24(26-14-25-23)30-21(17-5-3-2-4-6-17)22(28)27-18-11-12-18/h2-10,13-14,18,21H,11-12H2,1H3,(H,27,28). The summed E-state index contributed by atoms with van der Waals surface area (Å²) in [5, 5.41) is 6.82. The molecule has 6 heteroatoms. The minimum absolute atomic E-state index is 0.0487. The van der Waals surface area contributed by atoms with Crippen LogP contribution in [-0.4, -0.2) is 21.9 Å². The minimum Gasteiger partial charge on any atom is -0.352 e. The average molecular weight is 432 g/mol. The Balaban J connectivity index is 1.56. The maximum atomic E-state index is 13.1. The van der Waals surface area contributed by atoms with Crippen molar-refractivity contribution in [2.45, 2.75) is 36.1 Å². The van der Waals surface area contributed by atoms with Crippen molar-refractivity contribution in [3.63, 3.8) is 0 Å². The summed E-state index contributed by atoms with van der Waals surface area (Å²) in [5.74, 6) is 0.0487. The third kappa shape index (κ3) is 3.98. The van der Waals surface area contributed by atoms with Gasteiger partial charge in [0.05, 0.1) is 5.39 Å². The van der Waals surface area contributed by atoms with E-state index in [1.165, 1.54) is 17.3 Å². The lowest BCUT2D eigenvalue weighted by Gasteiger charge is -2.17. The number of rotatable bonds is 6. The highest BCUT2D eigenvalue weighted by Crippen LogP contribution is 2.43. The first-order valence-electron chi connectivity index (χ1n) is 10.0. The van der Waals surface area contributed by atoms with Gasteiger partial charge < -0.3 is 5.32 Å². The Hall–Kier alpha value is -2.70. The van der Waals surface area contributed by atoms with Crippen LogP contribution in [-0.2, 0) is 4.79 Å². The predicted molar refractivity (Wildman–Crippen MR) is 124 cm³/mol. The fraction of sp³-hybridized carbons (Fsp3) is 0.208. The molecule has 1 atom stereocenters. The molecule has 150 valence electrons. The molecule has 0 aliphatic heterocycles. The number of nitrogens with zero attached hydrogens (tertiary/aromatic N) is 2. The molecule has 0 spiro atoms. The molecule has 2 heterocycles. The van der Waals surface area contributed by atoms with E-state index in [0.717, 1.165) is 44.8 Å². The topological polar surface area (TPSA) is 54.9 Å². The molecular weight excluding hydrogens is 410 g/mol. The van der Waals surface area contributed by atoms with Gasteiger partial charge >= 0.3 is 0 Å². The zero-order valence-corrected chi connectivity index (χ0v) is 18.2. The van der Waals surface area contributed by atoms with Gasteiger partial charge in [0.15, 0.2) is 0 Å². The van der Waals surface area contributed by atoms with Gasteiger partial charge in [0.2, 0.25) is 5.91 Å². The Kier molecular flexibility index (Phi) is 5.27.